The maximum Gasteiger partial charge on any atom is 0.146 e. The van der Waals surface area contributed by atoms with Crippen molar-refractivity contribution in [3.05, 3.63) is 46.8 Å². The smallest absolute Gasteiger partial charge is 0.146 e. The van der Waals surface area contributed by atoms with Crippen LogP contribution in [0.4, 0.5) is 5.82 Å². The van der Waals surface area contributed by atoms with E-state index in [1.165, 1.54) is 23.8 Å². The zero-order chi connectivity index (χ0) is 21.0. The first-order valence-corrected chi connectivity index (χ1v) is 10.5. The molecule has 0 saturated carbocycles. The Morgan fingerprint density at radius 1 is 1.31 bits per heavy atom. The second-order valence-electron chi connectivity index (χ2n) is 7.23. The minimum atomic E-state index is 0.260. The largest absolute Gasteiger partial charge is 0.383 e. The van der Waals surface area contributed by atoms with Crippen LogP contribution in [0, 0.1) is 18.3 Å². The van der Waals surface area contributed by atoms with Gasteiger partial charge < -0.3 is 10.3 Å². The summed E-state index contributed by atoms with van der Waals surface area (Å²) < 4.78 is 5.38. The van der Waals surface area contributed by atoms with Gasteiger partial charge in [-0.3, -0.25) is 4.72 Å². The standard InChI is InChI=1S/C22H26N6S/c1-5-10-28-18(11-17(12-23)29-27-14(2)3)19(16-8-6-15(4)7-9-16)20-21(24)25-13-26-22(20)28/h6-9,11,13-14,27H,5,10H2,1-4H3,(H2,24,25,26)/b17-11+. The summed E-state index contributed by atoms with van der Waals surface area (Å²) in [4.78, 5) is 9.35. The van der Waals surface area contributed by atoms with Gasteiger partial charge in [0, 0.05) is 18.2 Å². The van der Waals surface area contributed by atoms with Crippen LogP contribution in [0.5, 0.6) is 0 Å². The lowest BCUT2D eigenvalue weighted by molar-refractivity contribution is 0.692. The third-order valence-electron chi connectivity index (χ3n) is 4.48. The Kier molecular flexibility index (Phi) is 6.57. The van der Waals surface area contributed by atoms with Gasteiger partial charge in [0.25, 0.3) is 0 Å². The predicted molar refractivity (Wildman–Crippen MR) is 122 cm³/mol. The Bertz CT molecular complexity index is 1070. The summed E-state index contributed by atoms with van der Waals surface area (Å²) in [6, 6.07) is 10.9. The average molecular weight is 407 g/mol. The number of allylic oxidation sites excluding steroid dienone is 1. The maximum absolute atomic E-state index is 9.71. The lowest BCUT2D eigenvalue weighted by Crippen LogP contribution is -2.13. The SMILES string of the molecule is CCCn1c(/C=C(\C#N)SNC(C)C)c(-c2ccc(C)cc2)c2c(N)ncnc21. The van der Waals surface area contributed by atoms with Gasteiger partial charge in [-0.05, 0) is 50.8 Å². The molecule has 0 atom stereocenters. The minimum absolute atomic E-state index is 0.260. The highest BCUT2D eigenvalue weighted by Crippen LogP contribution is 2.38. The first kappa shape index (κ1) is 20.9. The first-order valence-electron chi connectivity index (χ1n) is 9.70. The third-order valence-corrected chi connectivity index (χ3v) is 5.50. The Morgan fingerprint density at radius 2 is 2.03 bits per heavy atom. The van der Waals surface area contributed by atoms with Crippen molar-refractivity contribution in [2.24, 2.45) is 0 Å². The van der Waals surface area contributed by atoms with Crippen LogP contribution in [0.3, 0.4) is 0 Å². The van der Waals surface area contributed by atoms with Gasteiger partial charge in [0.15, 0.2) is 0 Å². The van der Waals surface area contributed by atoms with Crippen LogP contribution in [0.15, 0.2) is 35.5 Å². The average Bonchev–Trinajstić information content (AvgIpc) is 3.00. The van der Waals surface area contributed by atoms with Crippen molar-refractivity contribution in [3.63, 3.8) is 0 Å². The van der Waals surface area contributed by atoms with Crippen LogP contribution < -0.4 is 10.5 Å². The van der Waals surface area contributed by atoms with Gasteiger partial charge in [0.05, 0.1) is 11.1 Å². The molecule has 1 aromatic carbocycles. The fraction of sp³-hybridized carbons (Fsp3) is 0.318. The monoisotopic (exact) mass is 406 g/mol. The number of rotatable bonds is 7. The number of hydrogen-bond donors (Lipinski definition) is 2. The lowest BCUT2D eigenvalue weighted by atomic mass is 10.0. The van der Waals surface area contributed by atoms with Gasteiger partial charge >= 0.3 is 0 Å². The number of nitriles is 1. The van der Waals surface area contributed by atoms with Gasteiger partial charge in [-0.25, -0.2) is 9.97 Å². The van der Waals surface area contributed by atoms with E-state index < -0.39 is 0 Å². The number of aryl methyl sites for hydroxylation is 2. The topological polar surface area (TPSA) is 92.5 Å². The zero-order valence-corrected chi connectivity index (χ0v) is 18.0. The Hall–Kier alpha value is -2.82. The van der Waals surface area contributed by atoms with Crippen LogP contribution in [-0.4, -0.2) is 20.6 Å². The molecule has 0 unspecified atom stereocenters. The molecule has 0 spiro atoms. The summed E-state index contributed by atoms with van der Waals surface area (Å²) in [7, 11) is 0. The number of fused-ring (bicyclic) bond motifs is 1. The van der Waals surface area contributed by atoms with Crippen LogP contribution >= 0.6 is 11.9 Å². The van der Waals surface area contributed by atoms with Crippen molar-refractivity contribution in [1.82, 2.24) is 19.3 Å². The number of benzene rings is 1. The molecule has 29 heavy (non-hydrogen) atoms. The quantitative estimate of drug-likeness (QED) is 0.428. The number of nitrogen functional groups attached to an aromatic ring is 1. The van der Waals surface area contributed by atoms with Gasteiger partial charge in [-0.1, -0.05) is 36.8 Å². The summed E-state index contributed by atoms with van der Waals surface area (Å²) in [5.74, 6) is 0.446. The molecule has 3 rings (SSSR count). The molecular formula is C22H26N6S. The molecule has 3 N–H and O–H groups in total. The number of nitrogens with one attached hydrogen (secondary N) is 1. The van der Waals surface area contributed by atoms with Crippen molar-refractivity contribution >= 4 is 34.9 Å². The van der Waals surface area contributed by atoms with Gasteiger partial charge in [0.2, 0.25) is 0 Å². The highest BCUT2D eigenvalue weighted by molar-refractivity contribution is 8.01. The minimum Gasteiger partial charge on any atom is -0.383 e. The molecule has 0 radical (unpaired) electrons. The fourth-order valence-corrected chi connectivity index (χ4v) is 3.79. The van der Waals surface area contributed by atoms with E-state index in [0.717, 1.165) is 40.8 Å². The molecule has 0 amide bonds. The first-order chi connectivity index (χ1) is 14.0. The number of hydrogen-bond acceptors (Lipinski definition) is 6. The van der Waals surface area contributed by atoms with E-state index in [1.807, 2.05) is 19.9 Å². The summed E-state index contributed by atoms with van der Waals surface area (Å²) in [5, 5.41) is 10.5. The summed E-state index contributed by atoms with van der Waals surface area (Å²) in [6.07, 6.45) is 4.35. The molecule has 2 aromatic heterocycles. The zero-order valence-electron chi connectivity index (χ0n) is 17.2. The van der Waals surface area contributed by atoms with Crippen molar-refractivity contribution in [3.8, 4) is 17.2 Å². The van der Waals surface area contributed by atoms with E-state index >= 15 is 0 Å². The van der Waals surface area contributed by atoms with Crippen molar-refractivity contribution in [1.29, 1.82) is 5.26 Å². The Labute approximate surface area is 176 Å². The van der Waals surface area contributed by atoms with Gasteiger partial charge in [-0.15, -0.1) is 0 Å². The molecule has 150 valence electrons. The molecule has 0 bridgehead atoms. The molecule has 2 heterocycles. The normalized spacial score (nSPS) is 11.9. The molecule has 3 aromatic rings. The Balaban J connectivity index is 2.32. The van der Waals surface area contributed by atoms with Crippen molar-refractivity contribution in [2.75, 3.05) is 5.73 Å². The van der Waals surface area contributed by atoms with Crippen LogP contribution in [0.1, 0.15) is 38.4 Å². The molecular weight excluding hydrogens is 380 g/mol. The molecule has 0 aliphatic carbocycles. The third kappa shape index (κ3) is 4.44. The summed E-state index contributed by atoms with van der Waals surface area (Å²) in [5.41, 5.74) is 11.2. The van der Waals surface area contributed by atoms with Crippen LogP contribution in [0.25, 0.3) is 28.2 Å². The van der Waals surface area contributed by atoms with E-state index in [0.29, 0.717) is 10.7 Å². The van der Waals surface area contributed by atoms with E-state index in [1.54, 1.807) is 0 Å². The fourth-order valence-electron chi connectivity index (χ4n) is 3.21. The second-order valence-corrected chi connectivity index (χ2v) is 8.11. The lowest BCUT2D eigenvalue weighted by Gasteiger charge is -2.10. The highest BCUT2D eigenvalue weighted by atomic mass is 32.2. The number of anilines is 1. The van der Waals surface area contributed by atoms with Crippen LogP contribution in [0.2, 0.25) is 0 Å². The highest BCUT2D eigenvalue weighted by Gasteiger charge is 2.21. The summed E-state index contributed by atoms with van der Waals surface area (Å²) in [6.45, 7) is 9.04. The van der Waals surface area contributed by atoms with Crippen molar-refractivity contribution < 1.29 is 0 Å². The van der Waals surface area contributed by atoms with E-state index in [9.17, 15) is 5.26 Å². The molecule has 0 aliphatic rings. The van der Waals surface area contributed by atoms with Gasteiger partial charge in [0.1, 0.15) is 28.8 Å². The van der Waals surface area contributed by atoms with Crippen LogP contribution in [-0.2, 0) is 6.54 Å². The van der Waals surface area contributed by atoms with Crippen molar-refractivity contribution in [2.45, 2.75) is 46.7 Å². The van der Waals surface area contributed by atoms with Gasteiger partial charge in [-0.2, -0.15) is 5.26 Å². The predicted octanol–water partition coefficient (Wildman–Crippen LogP) is 4.91. The molecule has 0 aliphatic heterocycles. The maximum atomic E-state index is 9.71. The summed E-state index contributed by atoms with van der Waals surface area (Å²) >= 11 is 1.34. The molecule has 7 heteroatoms. The molecule has 6 nitrogen and oxygen atoms in total. The number of nitrogens with two attached hydrogens (primary N) is 1. The number of nitrogens with zero attached hydrogens (tertiary/aromatic N) is 4. The Morgan fingerprint density at radius 3 is 2.66 bits per heavy atom. The second kappa shape index (κ2) is 9.12. The number of aromatic nitrogens is 3. The molecule has 0 saturated heterocycles. The van der Waals surface area contributed by atoms with E-state index in [-0.39, 0.29) is 6.04 Å². The molecule has 0 fully saturated rings. The van der Waals surface area contributed by atoms with E-state index in [4.69, 9.17) is 5.73 Å². The van der Waals surface area contributed by atoms with E-state index in [2.05, 4.69) is 63.4 Å².